The SMILES string of the molecule is CCn1c(-c2c3c(nc4c(C)cccc24)CCC3)n[nH]c1=S. The van der Waals surface area contributed by atoms with Crippen LogP contribution < -0.4 is 0 Å². The molecular formula is C17H18N4S. The number of fused-ring (bicyclic) bond motifs is 2. The van der Waals surface area contributed by atoms with Crippen LogP contribution in [0.1, 0.15) is 30.2 Å². The average Bonchev–Trinajstić information content (AvgIpc) is 3.12. The number of benzene rings is 1. The first kappa shape index (κ1) is 13.6. The maximum atomic E-state index is 5.38. The molecule has 4 nitrogen and oxygen atoms in total. The van der Waals surface area contributed by atoms with Crippen LogP contribution >= 0.6 is 12.2 Å². The molecule has 112 valence electrons. The summed E-state index contributed by atoms with van der Waals surface area (Å²) in [6.07, 6.45) is 3.30. The summed E-state index contributed by atoms with van der Waals surface area (Å²) in [5.74, 6) is 0.948. The van der Waals surface area contributed by atoms with E-state index in [4.69, 9.17) is 17.2 Å². The van der Waals surface area contributed by atoms with Crippen molar-refractivity contribution >= 4 is 23.1 Å². The third-order valence-electron chi connectivity index (χ3n) is 4.54. The topological polar surface area (TPSA) is 46.5 Å². The Balaban J connectivity index is 2.16. The lowest BCUT2D eigenvalue weighted by molar-refractivity contribution is 0.755. The molecule has 1 aliphatic rings. The fourth-order valence-electron chi connectivity index (χ4n) is 3.48. The maximum Gasteiger partial charge on any atom is 0.195 e. The Morgan fingerprint density at radius 3 is 3.00 bits per heavy atom. The lowest BCUT2D eigenvalue weighted by Crippen LogP contribution is -2.03. The van der Waals surface area contributed by atoms with Crippen molar-refractivity contribution in [2.45, 2.75) is 39.7 Å². The fraction of sp³-hybridized carbons (Fsp3) is 0.353. The van der Waals surface area contributed by atoms with E-state index in [0.29, 0.717) is 4.77 Å². The Kier molecular flexibility index (Phi) is 3.11. The molecule has 1 N–H and O–H groups in total. The van der Waals surface area contributed by atoms with Crippen LogP contribution in [0.15, 0.2) is 18.2 Å². The smallest absolute Gasteiger partial charge is 0.195 e. The first-order chi connectivity index (χ1) is 10.7. The van der Waals surface area contributed by atoms with Gasteiger partial charge in [-0.15, -0.1) is 0 Å². The normalized spacial score (nSPS) is 13.7. The molecule has 0 aliphatic heterocycles. The summed E-state index contributed by atoms with van der Waals surface area (Å²) >= 11 is 5.38. The summed E-state index contributed by atoms with van der Waals surface area (Å²) in [6, 6.07) is 6.38. The largest absolute Gasteiger partial charge is 0.300 e. The van der Waals surface area contributed by atoms with E-state index < -0.39 is 0 Å². The molecule has 1 aromatic carbocycles. The molecule has 0 bridgehead atoms. The predicted molar refractivity (Wildman–Crippen MR) is 90.6 cm³/mol. The minimum Gasteiger partial charge on any atom is -0.300 e. The number of aryl methyl sites for hydroxylation is 2. The second-order valence-electron chi connectivity index (χ2n) is 5.83. The molecule has 0 unspecified atom stereocenters. The van der Waals surface area contributed by atoms with Gasteiger partial charge >= 0.3 is 0 Å². The second-order valence-corrected chi connectivity index (χ2v) is 6.22. The van der Waals surface area contributed by atoms with Crippen LogP contribution in [0.5, 0.6) is 0 Å². The van der Waals surface area contributed by atoms with Crippen LogP contribution in [-0.4, -0.2) is 19.7 Å². The summed E-state index contributed by atoms with van der Waals surface area (Å²) in [7, 11) is 0. The van der Waals surface area contributed by atoms with Gasteiger partial charge in [0.25, 0.3) is 0 Å². The number of hydrogen-bond donors (Lipinski definition) is 1. The molecule has 5 heteroatoms. The zero-order valence-electron chi connectivity index (χ0n) is 12.8. The second kappa shape index (κ2) is 5.02. The lowest BCUT2D eigenvalue weighted by atomic mass is 9.98. The van der Waals surface area contributed by atoms with Crippen LogP contribution in [0.3, 0.4) is 0 Å². The number of pyridine rings is 1. The molecule has 3 aromatic rings. The highest BCUT2D eigenvalue weighted by Crippen LogP contribution is 2.37. The molecule has 2 heterocycles. The number of nitrogens with zero attached hydrogens (tertiary/aromatic N) is 3. The number of para-hydroxylation sites is 1. The fourth-order valence-corrected chi connectivity index (χ4v) is 3.75. The molecule has 0 atom stereocenters. The van der Waals surface area contributed by atoms with E-state index >= 15 is 0 Å². The van der Waals surface area contributed by atoms with Crippen LogP contribution in [0.25, 0.3) is 22.3 Å². The van der Waals surface area contributed by atoms with Crippen LogP contribution in [-0.2, 0) is 19.4 Å². The minimum absolute atomic E-state index is 0.682. The summed E-state index contributed by atoms with van der Waals surface area (Å²) in [6.45, 7) is 5.04. The number of nitrogens with one attached hydrogen (secondary N) is 1. The number of H-pyrrole nitrogens is 1. The molecule has 4 rings (SSSR count). The Bertz CT molecular complexity index is 936. The van der Waals surface area contributed by atoms with Gasteiger partial charge in [0.1, 0.15) is 0 Å². The Morgan fingerprint density at radius 2 is 2.18 bits per heavy atom. The highest BCUT2D eigenvalue weighted by atomic mass is 32.1. The predicted octanol–water partition coefficient (Wildman–Crippen LogP) is 3.97. The zero-order chi connectivity index (χ0) is 15.3. The van der Waals surface area contributed by atoms with Crippen LogP contribution in [0.4, 0.5) is 0 Å². The van der Waals surface area contributed by atoms with Gasteiger partial charge in [-0.05, 0) is 56.5 Å². The van der Waals surface area contributed by atoms with Gasteiger partial charge in [-0.2, -0.15) is 5.10 Å². The van der Waals surface area contributed by atoms with E-state index in [1.54, 1.807) is 0 Å². The van der Waals surface area contributed by atoms with E-state index in [-0.39, 0.29) is 0 Å². The molecule has 1 aliphatic carbocycles. The van der Waals surface area contributed by atoms with E-state index in [0.717, 1.165) is 30.7 Å². The summed E-state index contributed by atoms with van der Waals surface area (Å²) in [4.78, 5) is 4.93. The summed E-state index contributed by atoms with van der Waals surface area (Å²) < 4.78 is 2.76. The minimum atomic E-state index is 0.682. The molecule has 2 aromatic heterocycles. The van der Waals surface area contributed by atoms with Gasteiger partial charge in [-0.3, -0.25) is 10.1 Å². The van der Waals surface area contributed by atoms with Crippen molar-refractivity contribution in [1.82, 2.24) is 19.7 Å². The summed E-state index contributed by atoms with van der Waals surface area (Å²) in [5, 5.41) is 8.67. The molecular weight excluding hydrogens is 292 g/mol. The van der Waals surface area contributed by atoms with E-state index in [2.05, 4.69) is 46.8 Å². The first-order valence-corrected chi connectivity index (χ1v) is 8.18. The zero-order valence-corrected chi connectivity index (χ0v) is 13.6. The van der Waals surface area contributed by atoms with Crippen molar-refractivity contribution in [3.63, 3.8) is 0 Å². The number of aromatic amines is 1. The molecule has 22 heavy (non-hydrogen) atoms. The van der Waals surface area contributed by atoms with Crippen molar-refractivity contribution in [2.75, 3.05) is 0 Å². The van der Waals surface area contributed by atoms with Crippen LogP contribution in [0, 0.1) is 11.7 Å². The van der Waals surface area contributed by atoms with Gasteiger partial charge in [0.2, 0.25) is 0 Å². The van der Waals surface area contributed by atoms with Gasteiger partial charge in [-0.1, -0.05) is 18.2 Å². The first-order valence-electron chi connectivity index (χ1n) is 7.77. The van der Waals surface area contributed by atoms with Crippen molar-refractivity contribution in [2.24, 2.45) is 0 Å². The number of hydrogen-bond acceptors (Lipinski definition) is 3. The Hall–Kier alpha value is -2.01. The van der Waals surface area contributed by atoms with E-state index in [1.165, 1.54) is 34.2 Å². The molecule has 0 saturated heterocycles. The average molecular weight is 310 g/mol. The number of aromatic nitrogens is 4. The number of rotatable bonds is 2. The molecule has 0 radical (unpaired) electrons. The Labute approximate surface area is 134 Å². The maximum absolute atomic E-state index is 5.38. The third-order valence-corrected chi connectivity index (χ3v) is 4.85. The van der Waals surface area contributed by atoms with Gasteiger partial charge in [-0.25, -0.2) is 0 Å². The van der Waals surface area contributed by atoms with Crippen LogP contribution in [0.2, 0.25) is 0 Å². The van der Waals surface area contributed by atoms with Crippen molar-refractivity contribution < 1.29 is 0 Å². The van der Waals surface area contributed by atoms with Crippen molar-refractivity contribution in [1.29, 1.82) is 0 Å². The van der Waals surface area contributed by atoms with Crippen molar-refractivity contribution in [3.8, 4) is 11.4 Å². The molecule has 0 spiro atoms. The van der Waals surface area contributed by atoms with E-state index in [9.17, 15) is 0 Å². The monoisotopic (exact) mass is 310 g/mol. The highest BCUT2D eigenvalue weighted by Gasteiger charge is 2.23. The Morgan fingerprint density at radius 1 is 1.32 bits per heavy atom. The third kappa shape index (κ3) is 1.85. The standard InChI is InChI=1S/C17H18N4S/c1-3-21-16(19-20-17(21)22)14-11-7-5-9-13(11)18-15-10(2)6-4-8-12(14)15/h4,6,8H,3,5,7,9H2,1-2H3,(H,20,22). The highest BCUT2D eigenvalue weighted by molar-refractivity contribution is 7.71. The molecule has 0 amide bonds. The van der Waals surface area contributed by atoms with Gasteiger partial charge in [0.05, 0.1) is 5.52 Å². The summed E-state index contributed by atoms with van der Waals surface area (Å²) in [5.41, 5.74) is 6.10. The van der Waals surface area contributed by atoms with Gasteiger partial charge in [0.15, 0.2) is 10.6 Å². The quantitative estimate of drug-likeness (QED) is 0.728. The lowest BCUT2D eigenvalue weighted by Gasteiger charge is -2.13. The van der Waals surface area contributed by atoms with Gasteiger partial charge < -0.3 is 4.57 Å². The van der Waals surface area contributed by atoms with Gasteiger partial charge in [0, 0.05) is 23.2 Å². The molecule has 0 fully saturated rings. The van der Waals surface area contributed by atoms with E-state index in [1.807, 2.05) is 0 Å². The van der Waals surface area contributed by atoms with Crippen molar-refractivity contribution in [3.05, 3.63) is 39.8 Å². The molecule has 0 saturated carbocycles.